The highest BCUT2D eigenvalue weighted by Crippen LogP contribution is 2.19. The van der Waals surface area contributed by atoms with Crippen LogP contribution in [0.5, 0.6) is 0 Å². The van der Waals surface area contributed by atoms with Crippen molar-refractivity contribution in [3.8, 4) is 0 Å². The Balaban J connectivity index is 0. The average Bonchev–Trinajstić information content (AvgIpc) is 3.03. The largest absolute Gasteiger partial charge is 0.461 e. The maximum Gasteiger partial charge on any atom is 0.312 e. The molecule has 11 nitrogen and oxygen atoms in total. The molecule has 2 atom stereocenters. The van der Waals surface area contributed by atoms with Gasteiger partial charge >= 0.3 is 12.0 Å². The molecule has 5 N–H and O–H groups in total. The van der Waals surface area contributed by atoms with Crippen molar-refractivity contribution in [3.05, 3.63) is 29.8 Å². The number of hydrogen-bond donors (Lipinski definition) is 4. The second kappa shape index (κ2) is 26.2. The minimum absolute atomic E-state index is 0.0571. The molecule has 274 valence electrons. The highest BCUT2D eigenvalue weighted by atomic mass is 16.5. The maximum atomic E-state index is 13.1. The molecule has 0 aliphatic carbocycles. The molecule has 0 heterocycles. The number of carbonyl (C=O) groups excluding carboxylic acids is 6. The number of anilines is 1. The predicted octanol–water partition coefficient (Wildman–Crippen LogP) is 6.57. The van der Waals surface area contributed by atoms with E-state index in [1.54, 1.807) is 45.0 Å². The SMILES string of the molecule is CCC(=O)C(C)C.CCC(=O)N[C@H](C(=O)C[C@@H](CCCNC(N)=O)C(=O)Nc1ccc(COC(=O)C(C)C)cc1)C(C)C.CCC(C)C. The number of benzene rings is 1. The fraction of sp³-hybridized carbons (Fsp3) is 0.676. The van der Waals surface area contributed by atoms with Crippen molar-refractivity contribution in [2.24, 2.45) is 35.3 Å². The summed E-state index contributed by atoms with van der Waals surface area (Å²) in [6.07, 6.45) is 2.97. The highest BCUT2D eigenvalue weighted by Gasteiger charge is 2.29. The Hall–Kier alpha value is -3.76. The van der Waals surface area contributed by atoms with Crippen LogP contribution in [0.3, 0.4) is 0 Å². The molecule has 0 fully saturated rings. The van der Waals surface area contributed by atoms with Gasteiger partial charge in [0.05, 0.1) is 12.0 Å². The van der Waals surface area contributed by atoms with Crippen molar-refractivity contribution in [2.75, 3.05) is 11.9 Å². The quantitative estimate of drug-likeness (QED) is 0.100. The molecule has 1 aromatic carbocycles. The van der Waals surface area contributed by atoms with E-state index >= 15 is 0 Å². The number of Topliss-reactive ketones (excluding diaryl/α,β-unsaturated/α-hetero) is 2. The number of ether oxygens (including phenoxy) is 1. The molecule has 1 rings (SSSR count). The summed E-state index contributed by atoms with van der Waals surface area (Å²) >= 11 is 0. The molecule has 0 aliphatic rings. The van der Waals surface area contributed by atoms with E-state index in [-0.39, 0.29) is 67.3 Å². The smallest absolute Gasteiger partial charge is 0.312 e. The number of rotatable bonds is 18. The topological polar surface area (TPSA) is 174 Å². The zero-order valence-electron chi connectivity index (χ0n) is 31.4. The predicted molar refractivity (Wildman–Crippen MR) is 192 cm³/mol. The summed E-state index contributed by atoms with van der Waals surface area (Å²) in [7, 11) is 0. The van der Waals surface area contributed by atoms with E-state index in [1.165, 1.54) is 6.42 Å². The minimum Gasteiger partial charge on any atom is -0.461 e. The number of primary amides is 1. The number of ketones is 2. The molecule has 0 spiro atoms. The summed E-state index contributed by atoms with van der Waals surface area (Å²) < 4.78 is 5.21. The molecule has 0 bridgehead atoms. The Labute approximate surface area is 289 Å². The molecule has 1 aromatic rings. The van der Waals surface area contributed by atoms with Crippen molar-refractivity contribution >= 4 is 41.1 Å². The molecule has 0 saturated heterocycles. The third-order valence-electron chi connectivity index (χ3n) is 7.38. The third kappa shape index (κ3) is 22.7. The molecule has 0 radical (unpaired) electrons. The fourth-order valence-corrected chi connectivity index (χ4v) is 3.81. The van der Waals surface area contributed by atoms with E-state index in [4.69, 9.17) is 10.5 Å². The Morgan fingerprint density at radius 3 is 1.75 bits per heavy atom. The number of urea groups is 1. The second-order valence-corrected chi connectivity index (χ2v) is 13.2. The van der Waals surface area contributed by atoms with E-state index in [1.807, 2.05) is 34.6 Å². The van der Waals surface area contributed by atoms with Crippen LogP contribution in [0.25, 0.3) is 0 Å². The van der Waals surface area contributed by atoms with E-state index in [9.17, 15) is 28.8 Å². The number of hydrogen-bond acceptors (Lipinski definition) is 7. The first-order valence-corrected chi connectivity index (χ1v) is 17.3. The Bertz CT molecular complexity index is 1120. The van der Waals surface area contributed by atoms with Crippen LogP contribution in [0.2, 0.25) is 0 Å². The molecule has 48 heavy (non-hydrogen) atoms. The fourth-order valence-electron chi connectivity index (χ4n) is 3.81. The number of nitrogens with two attached hydrogens (primary N) is 1. The van der Waals surface area contributed by atoms with Gasteiger partial charge in [-0.1, -0.05) is 94.7 Å². The molecule has 0 aromatic heterocycles. The summed E-state index contributed by atoms with van der Waals surface area (Å²) in [5, 5.41) is 8.05. The van der Waals surface area contributed by atoms with Crippen molar-refractivity contribution in [2.45, 2.75) is 127 Å². The van der Waals surface area contributed by atoms with Crippen molar-refractivity contribution in [3.63, 3.8) is 0 Å². The van der Waals surface area contributed by atoms with Gasteiger partial charge in [-0.05, 0) is 42.4 Å². The lowest BCUT2D eigenvalue weighted by molar-refractivity contribution is -0.148. The van der Waals surface area contributed by atoms with Crippen molar-refractivity contribution < 1.29 is 33.5 Å². The summed E-state index contributed by atoms with van der Waals surface area (Å²) in [6, 6.07) is 5.53. The van der Waals surface area contributed by atoms with E-state index < -0.39 is 18.0 Å². The monoisotopic (exact) mass is 676 g/mol. The molecule has 0 unspecified atom stereocenters. The van der Waals surface area contributed by atoms with E-state index in [0.717, 1.165) is 11.5 Å². The van der Waals surface area contributed by atoms with Gasteiger partial charge in [0.2, 0.25) is 11.8 Å². The first kappa shape index (κ1) is 46.4. The van der Waals surface area contributed by atoms with Gasteiger partial charge in [-0.2, -0.15) is 0 Å². The first-order chi connectivity index (χ1) is 22.4. The molecule has 11 heteroatoms. The lowest BCUT2D eigenvalue weighted by atomic mass is 9.89. The van der Waals surface area contributed by atoms with Gasteiger partial charge in [0.15, 0.2) is 5.78 Å². The number of esters is 1. The molecule has 0 saturated carbocycles. The van der Waals surface area contributed by atoms with Crippen LogP contribution in [0.15, 0.2) is 24.3 Å². The zero-order valence-corrected chi connectivity index (χ0v) is 31.4. The van der Waals surface area contributed by atoms with Gasteiger partial charge in [0.25, 0.3) is 0 Å². The number of nitrogens with one attached hydrogen (secondary N) is 3. The van der Waals surface area contributed by atoms with Crippen LogP contribution >= 0.6 is 0 Å². The average molecular weight is 677 g/mol. The maximum absolute atomic E-state index is 13.1. The van der Waals surface area contributed by atoms with E-state index in [2.05, 4.69) is 36.7 Å². The molecule has 4 amide bonds. The van der Waals surface area contributed by atoms with Crippen LogP contribution in [0.4, 0.5) is 10.5 Å². The van der Waals surface area contributed by atoms with Gasteiger partial charge in [0.1, 0.15) is 12.4 Å². The molecular weight excluding hydrogens is 612 g/mol. The minimum atomic E-state index is -0.690. The Kier molecular flexibility index (Phi) is 25.3. The number of amides is 4. The normalized spacial score (nSPS) is 11.8. The van der Waals surface area contributed by atoms with Crippen LogP contribution < -0.4 is 21.7 Å². The van der Waals surface area contributed by atoms with Crippen molar-refractivity contribution in [1.29, 1.82) is 0 Å². The third-order valence-corrected chi connectivity index (χ3v) is 7.38. The van der Waals surface area contributed by atoms with Crippen LogP contribution in [0, 0.1) is 29.6 Å². The van der Waals surface area contributed by atoms with Crippen molar-refractivity contribution in [1.82, 2.24) is 10.6 Å². The first-order valence-electron chi connectivity index (χ1n) is 17.3. The summed E-state index contributed by atoms with van der Waals surface area (Å²) in [5.74, 6) is -0.646. The van der Waals surface area contributed by atoms with Gasteiger partial charge in [-0.15, -0.1) is 0 Å². The van der Waals surface area contributed by atoms with E-state index in [0.29, 0.717) is 30.7 Å². The van der Waals surface area contributed by atoms with Gasteiger partial charge in [0, 0.05) is 43.3 Å². The standard InChI is InChI=1S/C26H40N4O6.C6H12O.C5H12/c1-6-22(32)30-23(16(2)3)21(31)14-19(8-7-13-28-26(27)35)24(33)29-20-11-9-18(10-12-20)15-36-25(34)17(4)5;1-4-6(7)5(2)3;1-4-5(2)3/h9-12,16-17,19,23H,6-8,13-15H2,1-5H3,(H,29,33)(H,30,32)(H3,27,28,35);5H,4H2,1-3H3;5H,4H2,1-3H3/t19-,23+;;/m1../s1. The lowest BCUT2D eigenvalue weighted by Crippen LogP contribution is -2.45. The van der Waals surface area contributed by atoms with Crippen LogP contribution in [-0.2, 0) is 35.3 Å². The molecular formula is C37H64N4O7. The van der Waals surface area contributed by atoms with Crippen LogP contribution in [0.1, 0.15) is 120 Å². The van der Waals surface area contributed by atoms with Gasteiger partial charge < -0.3 is 26.4 Å². The Morgan fingerprint density at radius 2 is 1.35 bits per heavy atom. The van der Waals surface area contributed by atoms with Gasteiger partial charge in [-0.3, -0.25) is 24.0 Å². The second-order valence-electron chi connectivity index (χ2n) is 13.2. The summed E-state index contributed by atoms with van der Waals surface area (Å²) in [4.78, 5) is 71.1. The Morgan fingerprint density at radius 1 is 0.792 bits per heavy atom. The van der Waals surface area contributed by atoms with Crippen LogP contribution in [-0.4, -0.2) is 48.0 Å². The zero-order chi connectivity index (χ0) is 37.4. The molecule has 0 aliphatic heterocycles. The van der Waals surface area contributed by atoms with Gasteiger partial charge in [-0.25, -0.2) is 4.79 Å². The number of carbonyl (C=O) groups is 6. The summed E-state index contributed by atoms with van der Waals surface area (Å²) in [6.45, 7) is 21.7. The lowest BCUT2D eigenvalue weighted by Gasteiger charge is -2.24. The summed E-state index contributed by atoms with van der Waals surface area (Å²) in [5.41, 5.74) is 6.41. The highest BCUT2D eigenvalue weighted by molar-refractivity contribution is 5.97.